The summed E-state index contributed by atoms with van der Waals surface area (Å²) in [5, 5.41) is 2.97. The lowest BCUT2D eigenvalue weighted by Crippen LogP contribution is -2.51. The molecule has 186 valence electrons. The van der Waals surface area contributed by atoms with Gasteiger partial charge in [-0.05, 0) is 57.9 Å². The van der Waals surface area contributed by atoms with E-state index in [1.807, 2.05) is 25.1 Å². The number of ether oxygens (including phenoxy) is 3. The number of methoxy groups -OCH3 is 1. The number of likely N-dealkylation sites (tertiary alicyclic amines) is 1. The molecule has 3 rings (SSSR count). The fourth-order valence-corrected chi connectivity index (χ4v) is 4.59. The van der Waals surface area contributed by atoms with E-state index in [1.165, 1.54) is 0 Å². The van der Waals surface area contributed by atoms with Gasteiger partial charge >= 0.3 is 18.0 Å². The zero-order valence-electron chi connectivity index (χ0n) is 20.5. The lowest BCUT2D eigenvalue weighted by molar-refractivity contribution is -0.150. The van der Waals surface area contributed by atoms with E-state index < -0.39 is 12.0 Å². The third kappa shape index (κ3) is 5.70. The van der Waals surface area contributed by atoms with Crippen LogP contribution in [-0.2, 0) is 19.1 Å². The lowest BCUT2D eigenvalue weighted by Gasteiger charge is -2.39. The highest BCUT2D eigenvalue weighted by Crippen LogP contribution is 2.34. The van der Waals surface area contributed by atoms with Crippen LogP contribution in [0.2, 0.25) is 0 Å². The first-order valence-electron chi connectivity index (χ1n) is 11.9. The maximum atomic E-state index is 13.2. The largest absolute Gasteiger partial charge is 0.497 e. The summed E-state index contributed by atoms with van der Waals surface area (Å²) < 4.78 is 16.0. The summed E-state index contributed by atoms with van der Waals surface area (Å²) in [6.07, 6.45) is 1.60. The van der Waals surface area contributed by atoms with E-state index in [0.29, 0.717) is 43.3 Å². The normalized spacial score (nSPS) is 21.2. The van der Waals surface area contributed by atoms with E-state index in [1.54, 1.807) is 31.9 Å². The van der Waals surface area contributed by atoms with Crippen LogP contribution in [-0.4, -0.2) is 74.3 Å². The number of hydrogen-bond acceptors (Lipinski definition) is 7. The molecule has 1 aromatic rings. The van der Waals surface area contributed by atoms with Crippen molar-refractivity contribution in [3.8, 4) is 5.75 Å². The van der Waals surface area contributed by atoms with Crippen molar-refractivity contribution in [3.05, 3.63) is 41.1 Å². The predicted molar refractivity (Wildman–Crippen MR) is 126 cm³/mol. The van der Waals surface area contributed by atoms with Gasteiger partial charge in [-0.25, -0.2) is 9.59 Å². The molecule has 0 bridgehead atoms. The zero-order chi connectivity index (χ0) is 24.7. The molecule has 0 saturated carbocycles. The third-order valence-corrected chi connectivity index (χ3v) is 6.18. The van der Waals surface area contributed by atoms with Crippen LogP contribution < -0.4 is 10.1 Å². The number of benzene rings is 1. The van der Waals surface area contributed by atoms with Gasteiger partial charge in [-0.1, -0.05) is 12.1 Å². The van der Waals surface area contributed by atoms with Gasteiger partial charge < -0.3 is 19.5 Å². The van der Waals surface area contributed by atoms with E-state index in [4.69, 9.17) is 14.2 Å². The van der Waals surface area contributed by atoms with Crippen LogP contribution >= 0.6 is 0 Å². The first-order chi connectivity index (χ1) is 16.4. The second kappa shape index (κ2) is 11.9. The number of hydrogen-bond donors (Lipinski definition) is 1. The summed E-state index contributed by atoms with van der Waals surface area (Å²) in [6, 6.07) is 6.33. The van der Waals surface area contributed by atoms with Gasteiger partial charge in [-0.2, -0.15) is 0 Å². The number of nitrogens with zero attached hydrogens (tertiary/aromatic N) is 2. The van der Waals surface area contributed by atoms with Crippen LogP contribution in [0.1, 0.15) is 45.2 Å². The Morgan fingerprint density at radius 2 is 1.91 bits per heavy atom. The molecule has 1 fully saturated rings. The SMILES string of the molecule is CCOC(=O)C1=C(CN2CCC[C@H](C(=O)OCC)C2)N(CC)C(=O)N[C@@H]1c1cccc(OC)c1. The molecule has 2 amide bonds. The van der Waals surface area contributed by atoms with Crippen LogP contribution in [0.15, 0.2) is 35.5 Å². The molecule has 9 heteroatoms. The van der Waals surface area contributed by atoms with Crippen LogP contribution in [0.4, 0.5) is 4.79 Å². The van der Waals surface area contributed by atoms with Gasteiger partial charge in [0.15, 0.2) is 0 Å². The molecule has 0 radical (unpaired) electrons. The molecule has 1 aromatic carbocycles. The van der Waals surface area contributed by atoms with Crippen LogP contribution in [0.5, 0.6) is 5.75 Å². The first-order valence-corrected chi connectivity index (χ1v) is 11.9. The Morgan fingerprint density at radius 3 is 2.59 bits per heavy atom. The Labute approximate surface area is 201 Å². The summed E-state index contributed by atoms with van der Waals surface area (Å²) in [4.78, 5) is 42.4. The van der Waals surface area contributed by atoms with Gasteiger partial charge in [0.25, 0.3) is 0 Å². The minimum absolute atomic E-state index is 0.199. The molecule has 1 saturated heterocycles. The molecular weight excluding hydrogens is 438 g/mol. The molecule has 34 heavy (non-hydrogen) atoms. The van der Waals surface area contributed by atoms with Gasteiger partial charge in [0.2, 0.25) is 0 Å². The van der Waals surface area contributed by atoms with E-state index in [0.717, 1.165) is 24.9 Å². The van der Waals surface area contributed by atoms with E-state index in [2.05, 4.69) is 10.2 Å². The molecule has 2 atom stereocenters. The van der Waals surface area contributed by atoms with E-state index in [9.17, 15) is 14.4 Å². The molecule has 2 heterocycles. The number of rotatable bonds is 9. The summed E-state index contributed by atoms with van der Waals surface area (Å²) in [6.45, 7) is 8.01. The van der Waals surface area contributed by atoms with Gasteiger partial charge in [0.1, 0.15) is 5.75 Å². The standard InChI is InChI=1S/C25H35N3O6/c1-5-28-20(16-27-13-9-11-18(15-27)23(29)33-6-2)21(24(30)34-7-3)22(26-25(28)31)17-10-8-12-19(14-17)32-4/h8,10,12,14,18,22H,5-7,9,11,13,15-16H2,1-4H3,(H,26,31)/t18-,22+/m0/s1. The molecule has 2 aliphatic rings. The Bertz CT molecular complexity index is 931. The minimum atomic E-state index is -0.676. The van der Waals surface area contributed by atoms with Crippen molar-refractivity contribution >= 4 is 18.0 Å². The Hall–Kier alpha value is -3.07. The first kappa shape index (κ1) is 25.6. The summed E-state index contributed by atoms with van der Waals surface area (Å²) in [5.41, 5.74) is 1.73. The zero-order valence-corrected chi connectivity index (χ0v) is 20.5. The highest BCUT2D eigenvalue weighted by Gasteiger charge is 2.39. The number of esters is 2. The number of carbonyl (C=O) groups is 3. The average molecular weight is 474 g/mol. The number of piperidine rings is 1. The number of carbonyl (C=O) groups excluding carboxylic acids is 3. The van der Waals surface area contributed by atoms with Crippen molar-refractivity contribution in [3.63, 3.8) is 0 Å². The van der Waals surface area contributed by atoms with Crippen LogP contribution in [0, 0.1) is 5.92 Å². The van der Waals surface area contributed by atoms with Crippen molar-refractivity contribution in [2.75, 3.05) is 46.5 Å². The molecule has 0 aliphatic carbocycles. The highest BCUT2D eigenvalue weighted by molar-refractivity contribution is 5.95. The van der Waals surface area contributed by atoms with Crippen molar-refractivity contribution in [2.45, 2.75) is 39.7 Å². The van der Waals surface area contributed by atoms with Crippen molar-refractivity contribution in [1.29, 1.82) is 0 Å². The Kier molecular flexibility index (Phi) is 8.92. The van der Waals surface area contributed by atoms with Crippen molar-refractivity contribution in [2.24, 2.45) is 5.92 Å². The number of likely N-dealkylation sites (N-methyl/N-ethyl adjacent to an activating group) is 1. The molecule has 0 spiro atoms. The van der Waals surface area contributed by atoms with Crippen LogP contribution in [0.25, 0.3) is 0 Å². The molecule has 2 aliphatic heterocycles. The highest BCUT2D eigenvalue weighted by atomic mass is 16.5. The molecular formula is C25H35N3O6. The summed E-state index contributed by atoms with van der Waals surface area (Å²) >= 11 is 0. The quantitative estimate of drug-likeness (QED) is 0.551. The van der Waals surface area contributed by atoms with Gasteiger partial charge in [-0.3, -0.25) is 14.6 Å². The van der Waals surface area contributed by atoms with Crippen LogP contribution in [0.3, 0.4) is 0 Å². The second-order valence-corrected chi connectivity index (χ2v) is 8.31. The van der Waals surface area contributed by atoms with Gasteiger partial charge in [0, 0.05) is 25.3 Å². The second-order valence-electron chi connectivity index (χ2n) is 8.31. The number of nitrogens with one attached hydrogen (secondary N) is 1. The predicted octanol–water partition coefficient (Wildman–Crippen LogP) is 2.87. The van der Waals surface area contributed by atoms with Gasteiger partial charge in [0.05, 0.1) is 37.9 Å². The average Bonchev–Trinajstić information content (AvgIpc) is 2.84. The smallest absolute Gasteiger partial charge is 0.338 e. The molecule has 0 unspecified atom stereocenters. The molecule has 1 N–H and O–H groups in total. The maximum absolute atomic E-state index is 13.2. The summed E-state index contributed by atoms with van der Waals surface area (Å²) in [7, 11) is 1.57. The van der Waals surface area contributed by atoms with Crippen molar-refractivity contribution < 1.29 is 28.6 Å². The van der Waals surface area contributed by atoms with Gasteiger partial charge in [-0.15, -0.1) is 0 Å². The number of amides is 2. The fraction of sp³-hybridized carbons (Fsp3) is 0.560. The third-order valence-electron chi connectivity index (χ3n) is 6.18. The van der Waals surface area contributed by atoms with E-state index >= 15 is 0 Å². The molecule has 0 aromatic heterocycles. The fourth-order valence-electron chi connectivity index (χ4n) is 4.59. The monoisotopic (exact) mass is 473 g/mol. The van der Waals surface area contributed by atoms with Crippen molar-refractivity contribution in [1.82, 2.24) is 15.1 Å². The minimum Gasteiger partial charge on any atom is -0.497 e. The maximum Gasteiger partial charge on any atom is 0.338 e. The van der Waals surface area contributed by atoms with E-state index in [-0.39, 0.29) is 24.5 Å². The topological polar surface area (TPSA) is 97.4 Å². The lowest BCUT2D eigenvalue weighted by atomic mass is 9.93. The summed E-state index contributed by atoms with van der Waals surface area (Å²) in [5.74, 6) is -0.262. The Balaban J connectivity index is 2.01. The molecule has 9 nitrogen and oxygen atoms in total. The Morgan fingerprint density at radius 1 is 1.15 bits per heavy atom. The number of urea groups is 1.